The number of hydrogen-bond acceptors (Lipinski definition) is 0. The van der Waals surface area contributed by atoms with Gasteiger partial charge in [0.05, 0.1) is 0 Å². The summed E-state index contributed by atoms with van der Waals surface area (Å²) in [6.45, 7) is 18.9. The van der Waals surface area contributed by atoms with Crippen LogP contribution in [0, 0.1) is 11.8 Å². The SMILES string of the molecule is CCc1ccc2c(c1-c1ccccc1)C=C(CC(C)C)[CH]2[Zr]([Cl])([Cl])([CH]1C(CC(C)C)=Cc2c1ccc(CC)c2-c1ccccc1)[SiH](C)C. The number of allylic oxidation sites excluding steroid dienone is 2. The molecule has 0 amide bonds. The summed E-state index contributed by atoms with van der Waals surface area (Å²) in [6.07, 6.45) is 9.12. The van der Waals surface area contributed by atoms with E-state index in [2.05, 4.69) is 152 Å². The first-order chi connectivity index (χ1) is 22.9. The van der Waals surface area contributed by atoms with Crippen molar-refractivity contribution in [3.63, 3.8) is 0 Å². The fourth-order valence-corrected chi connectivity index (χ4v) is 40.4. The summed E-state index contributed by atoms with van der Waals surface area (Å²) in [5.74, 6) is -0.641. The Morgan fingerprint density at radius 3 is 1.27 bits per heavy atom. The van der Waals surface area contributed by atoms with Gasteiger partial charge in [-0.2, -0.15) is 0 Å². The Labute approximate surface area is 299 Å². The van der Waals surface area contributed by atoms with Crippen molar-refractivity contribution in [2.75, 3.05) is 0 Å². The van der Waals surface area contributed by atoms with Crippen molar-refractivity contribution in [2.24, 2.45) is 11.8 Å². The molecule has 4 aromatic rings. The topological polar surface area (TPSA) is 0 Å². The first-order valence-electron chi connectivity index (χ1n) is 18.3. The molecule has 0 radical (unpaired) electrons. The fraction of sp³-hybridized carbons (Fsp3) is 0.364. The van der Waals surface area contributed by atoms with Crippen molar-refractivity contribution in [2.45, 2.75) is 87.6 Å². The van der Waals surface area contributed by atoms with E-state index in [1.807, 2.05) is 0 Å². The average Bonchev–Trinajstić information content (AvgIpc) is 3.62. The molecule has 0 spiro atoms. The summed E-state index contributed by atoms with van der Waals surface area (Å²) >= 11 is -4.92. The average molecular weight is 772 g/mol. The normalized spacial score (nSPS) is 18.1. The molecule has 0 N–H and O–H groups in total. The predicted molar refractivity (Wildman–Crippen MR) is 213 cm³/mol. The van der Waals surface area contributed by atoms with Crippen LogP contribution in [0.2, 0.25) is 13.1 Å². The molecule has 0 heterocycles. The number of hydrogen-bond donors (Lipinski definition) is 0. The van der Waals surface area contributed by atoms with E-state index in [1.54, 1.807) is 0 Å². The van der Waals surface area contributed by atoms with Gasteiger partial charge in [-0.25, -0.2) is 0 Å². The molecule has 251 valence electrons. The molecule has 0 nitrogen and oxygen atoms in total. The van der Waals surface area contributed by atoms with Gasteiger partial charge >= 0.3 is 302 Å². The van der Waals surface area contributed by atoms with Gasteiger partial charge in [0.25, 0.3) is 0 Å². The Balaban J connectivity index is 1.66. The van der Waals surface area contributed by atoms with E-state index in [-0.39, 0.29) is 7.25 Å². The van der Waals surface area contributed by atoms with Crippen LogP contribution in [0.5, 0.6) is 0 Å². The van der Waals surface area contributed by atoms with Crippen molar-refractivity contribution in [3.05, 3.63) is 129 Å². The molecule has 0 saturated heterocycles. The van der Waals surface area contributed by atoms with Gasteiger partial charge in [0, 0.05) is 0 Å². The first kappa shape index (κ1) is 35.9. The second-order valence-electron chi connectivity index (χ2n) is 15.5. The van der Waals surface area contributed by atoms with Crippen LogP contribution < -0.4 is 0 Å². The van der Waals surface area contributed by atoms with Crippen LogP contribution in [-0.2, 0) is 28.4 Å². The van der Waals surface area contributed by atoms with Gasteiger partial charge in [-0.3, -0.25) is 0 Å². The summed E-state index contributed by atoms with van der Waals surface area (Å²) in [4.78, 5) is 0. The molecule has 2 aliphatic rings. The van der Waals surface area contributed by atoms with Crippen LogP contribution in [0.4, 0.5) is 0 Å². The zero-order valence-electron chi connectivity index (χ0n) is 30.2. The summed E-state index contributed by atoms with van der Waals surface area (Å²) in [5, 5.41) is 0. The summed E-state index contributed by atoms with van der Waals surface area (Å²) in [5.41, 5.74) is 16.6. The molecular weight excluding hydrogens is 719 g/mol. The minimum atomic E-state index is -4.92. The van der Waals surface area contributed by atoms with E-state index in [9.17, 15) is 0 Å². The Morgan fingerprint density at radius 1 is 0.583 bits per heavy atom. The fourth-order valence-electron chi connectivity index (χ4n) is 9.03. The molecule has 0 bridgehead atoms. The zero-order chi connectivity index (χ0) is 34.4. The van der Waals surface area contributed by atoms with Crippen molar-refractivity contribution in [3.8, 4) is 22.3 Å². The number of fused-ring (bicyclic) bond motifs is 2. The van der Waals surface area contributed by atoms with Gasteiger partial charge < -0.3 is 0 Å². The van der Waals surface area contributed by atoms with E-state index in [0.717, 1.165) is 25.7 Å². The van der Waals surface area contributed by atoms with Crippen LogP contribution >= 0.6 is 17.0 Å². The third-order valence-electron chi connectivity index (χ3n) is 11.1. The number of benzene rings is 4. The number of halogens is 2. The molecule has 0 fully saturated rings. The Morgan fingerprint density at radius 2 is 0.958 bits per heavy atom. The standard InChI is InChI=1S/2C21H23.C2H7Si.2ClH.Zr/c2*1-4-17-10-11-19-13-16(12-15(2)3)14-20(19)21(17)18-8-6-5-7-9-18;1-3-2;;;/h2*5-11,13-15H,4,12H2,1-3H3;3H,1-2H3;2*1H;/q;;;;;+2/p-2. The molecule has 0 aliphatic heterocycles. The summed E-state index contributed by atoms with van der Waals surface area (Å²) in [7, 11) is 17.7. The van der Waals surface area contributed by atoms with Crippen molar-refractivity contribution in [1.82, 2.24) is 0 Å². The Bertz CT molecular complexity index is 1740. The van der Waals surface area contributed by atoms with E-state index in [0.29, 0.717) is 11.8 Å². The Hall–Kier alpha value is -1.96. The van der Waals surface area contributed by atoms with E-state index >= 15 is 0 Å². The monoisotopic (exact) mass is 769 g/mol. The van der Waals surface area contributed by atoms with E-state index in [1.165, 1.54) is 66.8 Å². The second-order valence-corrected chi connectivity index (χ2v) is 58.0. The van der Waals surface area contributed by atoms with Crippen LogP contribution in [0.1, 0.15) is 95.0 Å². The molecule has 2 unspecified atom stereocenters. The van der Waals surface area contributed by atoms with Gasteiger partial charge in [0.1, 0.15) is 0 Å². The molecule has 0 saturated carbocycles. The molecular formula is C44H53Cl2SiZr. The molecule has 0 aromatic heterocycles. The van der Waals surface area contributed by atoms with E-state index < -0.39 is 21.5 Å². The summed E-state index contributed by atoms with van der Waals surface area (Å²) in [6, 6.07) is 31.6. The second kappa shape index (κ2) is 14.0. The summed E-state index contributed by atoms with van der Waals surface area (Å²) < 4.78 is 0.203. The van der Waals surface area contributed by atoms with Crippen LogP contribution in [0.3, 0.4) is 0 Å². The molecule has 4 heteroatoms. The van der Waals surface area contributed by atoms with Crippen molar-refractivity contribution < 1.29 is 15.6 Å². The molecule has 2 atom stereocenters. The van der Waals surface area contributed by atoms with Gasteiger partial charge in [0.2, 0.25) is 0 Å². The predicted octanol–water partition coefficient (Wildman–Crippen LogP) is 13.8. The quantitative estimate of drug-likeness (QED) is 0.133. The maximum absolute atomic E-state index is 8.85. The van der Waals surface area contributed by atoms with Gasteiger partial charge in [-0.05, 0) is 0 Å². The van der Waals surface area contributed by atoms with Gasteiger partial charge in [0.15, 0.2) is 0 Å². The van der Waals surface area contributed by atoms with Gasteiger partial charge in [-0.15, -0.1) is 0 Å². The first-order valence-corrected chi connectivity index (χ1v) is 34.6. The zero-order valence-corrected chi connectivity index (χ0v) is 35.3. The molecule has 2 aliphatic carbocycles. The van der Waals surface area contributed by atoms with Crippen LogP contribution in [0.25, 0.3) is 34.4 Å². The van der Waals surface area contributed by atoms with Crippen molar-refractivity contribution in [1.29, 1.82) is 0 Å². The van der Waals surface area contributed by atoms with Crippen LogP contribution in [0.15, 0.2) is 96.1 Å². The number of rotatable bonds is 11. The molecule has 48 heavy (non-hydrogen) atoms. The van der Waals surface area contributed by atoms with Crippen molar-refractivity contribution >= 4 is 35.1 Å². The third-order valence-corrected chi connectivity index (χ3v) is 63.0. The third kappa shape index (κ3) is 6.06. The van der Waals surface area contributed by atoms with Crippen LogP contribution in [-0.4, -0.2) is 5.92 Å². The number of aryl methyl sites for hydroxylation is 2. The molecule has 4 aromatic carbocycles. The Kier molecular flexibility index (Phi) is 10.4. The molecule has 6 rings (SSSR count). The van der Waals surface area contributed by atoms with E-state index in [4.69, 9.17) is 17.0 Å². The minimum absolute atomic E-state index is 0.102. The van der Waals surface area contributed by atoms with Gasteiger partial charge in [-0.1, -0.05) is 0 Å². The maximum atomic E-state index is 8.85.